The van der Waals surface area contributed by atoms with Crippen molar-refractivity contribution in [3.05, 3.63) is 53.2 Å². The first-order valence-corrected chi connectivity index (χ1v) is 6.56. The van der Waals surface area contributed by atoms with E-state index < -0.39 is 0 Å². The van der Waals surface area contributed by atoms with Crippen LogP contribution >= 0.6 is 11.6 Å². The van der Waals surface area contributed by atoms with Crippen molar-refractivity contribution in [1.82, 2.24) is 9.97 Å². The molecule has 2 heterocycles. The third-order valence-electron chi connectivity index (χ3n) is 3.13. The summed E-state index contributed by atoms with van der Waals surface area (Å²) in [5.74, 6) is 1.26. The molecule has 0 atom stereocenters. The maximum atomic E-state index is 6.16. The number of hydrogen-bond acceptors (Lipinski definition) is 4. The Morgan fingerprint density at radius 3 is 2.85 bits per heavy atom. The minimum absolute atomic E-state index is 0.601. The third kappa shape index (κ3) is 2.26. The van der Waals surface area contributed by atoms with Crippen LogP contribution < -0.4 is 11.1 Å². The molecule has 0 aliphatic carbocycles. The zero-order valence-electron chi connectivity index (χ0n) is 10.9. The van der Waals surface area contributed by atoms with E-state index in [0.29, 0.717) is 22.3 Å². The summed E-state index contributed by atoms with van der Waals surface area (Å²) in [7, 11) is 0. The lowest BCUT2D eigenvalue weighted by molar-refractivity contribution is 1.25. The number of fused-ring (bicyclic) bond motifs is 1. The van der Waals surface area contributed by atoms with E-state index in [1.54, 1.807) is 6.20 Å². The van der Waals surface area contributed by atoms with Gasteiger partial charge in [-0.15, -0.1) is 0 Å². The minimum Gasteiger partial charge on any atom is -0.396 e. The smallest absolute Gasteiger partial charge is 0.154 e. The first-order valence-electron chi connectivity index (χ1n) is 6.18. The lowest BCUT2D eigenvalue weighted by Gasteiger charge is -2.10. The fourth-order valence-corrected chi connectivity index (χ4v) is 2.20. The Labute approximate surface area is 121 Å². The first-order chi connectivity index (χ1) is 9.65. The summed E-state index contributed by atoms with van der Waals surface area (Å²) < 4.78 is 0. The van der Waals surface area contributed by atoms with Gasteiger partial charge in [-0.1, -0.05) is 23.7 Å². The summed E-state index contributed by atoms with van der Waals surface area (Å²) in [6.07, 6.45) is 1.71. The lowest BCUT2D eigenvalue weighted by atomic mass is 10.2. The fraction of sp³-hybridized carbons (Fsp3) is 0.0667. The van der Waals surface area contributed by atoms with Crippen LogP contribution in [0, 0.1) is 6.92 Å². The van der Waals surface area contributed by atoms with E-state index in [0.717, 1.165) is 16.5 Å². The summed E-state index contributed by atoms with van der Waals surface area (Å²) in [6.45, 7) is 1.94. The Bertz CT molecular complexity index is 786. The number of nitrogen functional groups attached to an aromatic ring is 1. The molecule has 4 nitrogen and oxygen atoms in total. The molecule has 0 saturated carbocycles. The predicted molar refractivity (Wildman–Crippen MR) is 83.4 cm³/mol. The second-order valence-electron chi connectivity index (χ2n) is 4.52. The van der Waals surface area contributed by atoms with Gasteiger partial charge in [-0.2, -0.15) is 0 Å². The molecule has 100 valence electrons. The van der Waals surface area contributed by atoms with E-state index in [-0.39, 0.29) is 0 Å². The van der Waals surface area contributed by atoms with Crippen molar-refractivity contribution < 1.29 is 0 Å². The molecule has 0 bridgehead atoms. The topological polar surface area (TPSA) is 63.8 Å². The Morgan fingerprint density at radius 2 is 2.00 bits per heavy atom. The quantitative estimate of drug-likeness (QED) is 0.749. The number of para-hydroxylation sites is 1. The SMILES string of the molecule is Cc1ccnc(Nc2ccc3cccc(Cl)c3n2)c1N. The van der Waals surface area contributed by atoms with Crippen LogP contribution in [0.4, 0.5) is 17.3 Å². The number of nitrogens with one attached hydrogen (secondary N) is 1. The third-order valence-corrected chi connectivity index (χ3v) is 3.43. The van der Waals surface area contributed by atoms with Crippen LogP contribution in [0.3, 0.4) is 0 Å². The zero-order valence-corrected chi connectivity index (χ0v) is 11.6. The number of pyridine rings is 2. The molecule has 5 heteroatoms. The van der Waals surface area contributed by atoms with Crippen LogP contribution in [0.2, 0.25) is 5.02 Å². The normalized spacial score (nSPS) is 10.7. The number of anilines is 3. The van der Waals surface area contributed by atoms with Gasteiger partial charge in [0.05, 0.1) is 16.2 Å². The Balaban J connectivity index is 2.03. The van der Waals surface area contributed by atoms with Gasteiger partial charge < -0.3 is 11.1 Å². The van der Waals surface area contributed by atoms with E-state index in [4.69, 9.17) is 17.3 Å². The van der Waals surface area contributed by atoms with E-state index in [1.165, 1.54) is 0 Å². The molecule has 3 aromatic rings. The van der Waals surface area contributed by atoms with Crippen molar-refractivity contribution >= 4 is 39.8 Å². The van der Waals surface area contributed by atoms with Crippen LogP contribution in [0.1, 0.15) is 5.56 Å². The van der Waals surface area contributed by atoms with E-state index in [2.05, 4.69) is 15.3 Å². The molecule has 0 fully saturated rings. The summed E-state index contributed by atoms with van der Waals surface area (Å²) in [6, 6.07) is 11.4. The number of aromatic nitrogens is 2. The Morgan fingerprint density at radius 1 is 1.15 bits per heavy atom. The highest BCUT2D eigenvalue weighted by atomic mass is 35.5. The molecule has 3 rings (SSSR count). The molecule has 1 aromatic carbocycles. The number of nitrogens with zero attached hydrogens (tertiary/aromatic N) is 2. The largest absolute Gasteiger partial charge is 0.396 e. The minimum atomic E-state index is 0.601. The number of nitrogens with two attached hydrogens (primary N) is 1. The molecular formula is C15H13ClN4. The number of aryl methyl sites for hydroxylation is 1. The van der Waals surface area contributed by atoms with Crippen molar-refractivity contribution in [2.45, 2.75) is 6.92 Å². The number of benzene rings is 1. The van der Waals surface area contributed by atoms with Crippen LogP contribution in [-0.4, -0.2) is 9.97 Å². The second-order valence-corrected chi connectivity index (χ2v) is 4.93. The van der Waals surface area contributed by atoms with Crippen molar-refractivity contribution in [3.63, 3.8) is 0 Å². The molecule has 3 N–H and O–H groups in total. The van der Waals surface area contributed by atoms with Gasteiger partial charge in [-0.25, -0.2) is 9.97 Å². The molecule has 0 radical (unpaired) electrons. The Hall–Kier alpha value is -2.33. The maximum absolute atomic E-state index is 6.16. The summed E-state index contributed by atoms with van der Waals surface area (Å²) in [4.78, 5) is 8.73. The second kappa shape index (κ2) is 4.98. The first kappa shape index (κ1) is 12.7. The van der Waals surface area contributed by atoms with E-state index in [9.17, 15) is 0 Å². The van der Waals surface area contributed by atoms with Crippen LogP contribution in [-0.2, 0) is 0 Å². The lowest BCUT2D eigenvalue weighted by Crippen LogP contribution is -2.02. The van der Waals surface area contributed by atoms with E-state index in [1.807, 2.05) is 43.3 Å². The van der Waals surface area contributed by atoms with Crippen LogP contribution in [0.25, 0.3) is 10.9 Å². The molecular weight excluding hydrogens is 272 g/mol. The molecule has 0 saturated heterocycles. The summed E-state index contributed by atoms with van der Waals surface area (Å²) >= 11 is 6.16. The van der Waals surface area contributed by atoms with Crippen molar-refractivity contribution in [1.29, 1.82) is 0 Å². The summed E-state index contributed by atoms with van der Waals surface area (Å²) in [5, 5.41) is 4.74. The molecule has 20 heavy (non-hydrogen) atoms. The van der Waals surface area contributed by atoms with Gasteiger partial charge in [-0.05, 0) is 36.8 Å². The highest BCUT2D eigenvalue weighted by molar-refractivity contribution is 6.35. The van der Waals surface area contributed by atoms with Gasteiger partial charge in [0.25, 0.3) is 0 Å². The molecule has 0 aliphatic rings. The standard InChI is InChI=1S/C15H13ClN4/c1-9-7-8-18-15(13(9)17)20-12-6-5-10-3-2-4-11(16)14(10)19-12/h2-8H,17H2,1H3,(H,18,19,20). The van der Waals surface area contributed by atoms with Gasteiger partial charge in [0.15, 0.2) is 5.82 Å². The van der Waals surface area contributed by atoms with Crippen LogP contribution in [0.5, 0.6) is 0 Å². The molecule has 0 spiro atoms. The number of rotatable bonds is 2. The predicted octanol–water partition coefficient (Wildman–Crippen LogP) is 3.92. The number of hydrogen-bond donors (Lipinski definition) is 2. The Kier molecular flexibility index (Phi) is 3.16. The van der Waals surface area contributed by atoms with Crippen molar-refractivity contribution in [2.75, 3.05) is 11.1 Å². The van der Waals surface area contributed by atoms with Gasteiger partial charge in [0.1, 0.15) is 5.82 Å². The van der Waals surface area contributed by atoms with Crippen molar-refractivity contribution in [3.8, 4) is 0 Å². The van der Waals surface area contributed by atoms with Crippen LogP contribution in [0.15, 0.2) is 42.6 Å². The van der Waals surface area contributed by atoms with E-state index >= 15 is 0 Å². The highest BCUT2D eigenvalue weighted by Crippen LogP contribution is 2.26. The zero-order chi connectivity index (χ0) is 14.1. The highest BCUT2D eigenvalue weighted by Gasteiger charge is 2.06. The fourth-order valence-electron chi connectivity index (χ4n) is 1.97. The van der Waals surface area contributed by atoms with Gasteiger partial charge in [0.2, 0.25) is 0 Å². The average molecular weight is 285 g/mol. The average Bonchev–Trinajstić information content (AvgIpc) is 2.45. The number of halogens is 1. The molecule has 0 amide bonds. The molecule has 0 aliphatic heterocycles. The monoisotopic (exact) mass is 284 g/mol. The maximum Gasteiger partial charge on any atom is 0.154 e. The molecule has 2 aromatic heterocycles. The van der Waals surface area contributed by atoms with Gasteiger partial charge in [-0.3, -0.25) is 0 Å². The van der Waals surface area contributed by atoms with Gasteiger partial charge >= 0.3 is 0 Å². The molecule has 0 unspecified atom stereocenters. The van der Waals surface area contributed by atoms with Crippen molar-refractivity contribution in [2.24, 2.45) is 0 Å². The summed E-state index contributed by atoms with van der Waals surface area (Å²) in [5.41, 5.74) is 8.34. The van der Waals surface area contributed by atoms with Gasteiger partial charge in [0, 0.05) is 11.6 Å².